The van der Waals surface area contributed by atoms with Gasteiger partial charge >= 0.3 is 20.9 Å². The van der Waals surface area contributed by atoms with Crippen molar-refractivity contribution in [2.24, 2.45) is 0 Å². The van der Waals surface area contributed by atoms with Crippen molar-refractivity contribution < 1.29 is 35.2 Å². The van der Waals surface area contributed by atoms with Crippen LogP contribution in [-0.2, 0) is 13.3 Å². The van der Waals surface area contributed by atoms with Gasteiger partial charge in [0.15, 0.2) is 0 Å². The number of hydrogen-bond acceptors (Lipinski definition) is 3. The minimum absolute atomic E-state index is 0.0951. The molecule has 0 spiro atoms. The first-order valence-corrected chi connectivity index (χ1v) is 6.67. The molecule has 0 saturated heterocycles. The lowest BCUT2D eigenvalue weighted by Crippen LogP contribution is -2.43. The van der Waals surface area contributed by atoms with Gasteiger partial charge in [-0.2, -0.15) is 22.0 Å². The third kappa shape index (κ3) is 4.49. The highest BCUT2D eigenvalue weighted by atomic mass is 28.4. The first-order chi connectivity index (χ1) is 7.64. The maximum Gasteiger partial charge on any atom is 0.500 e. The molecule has 0 N–H and O–H groups in total. The molecule has 0 aromatic rings. The van der Waals surface area contributed by atoms with Crippen LogP contribution in [0.2, 0.25) is 6.04 Å². The van der Waals surface area contributed by atoms with E-state index < -0.39 is 33.7 Å². The molecule has 0 amide bonds. The zero-order valence-electron chi connectivity index (χ0n) is 9.74. The number of hydrogen-bond donors (Lipinski definition) is 0. The summed E-state index contributed by atoms with van der Waals surface area (Å²) in [6.07, 6.45) is -7.22. The van der Waals surface area contributed by atoms with Crippen molar-refractivity contribution in [3.05, 3.63) is 0 Å². The summed E-state index contributed by atoms with van der Waals surface area (Å²) < 4.78 is 75.5. The standard InChI is InChI=1S/C8H15F5O3Si/c1-14-17(15-2,16-3)6-4-5-7(9,10)8(11,12)13/h4-6H2,1-3H3. The lowest BCUT2D eigenvalue weighted by Gasteiger charge is -2.25. The molecule has 0 unspecified atom stereocenters. The lowest BCUT2D eigenvalue weighted by molar-refractivity contribution is -0.284. The normalized spacial score (nSPS) is 14.1. The summed E-state index contributed by atoms with van der Waals surface area (Å²) in [5, 5.41) is 0. The van der Waals surface area contributed by atoms with Crippen LogP contribution in [-0.4, -0.2) is 42.2 Å². The Morgan fingerprint density at radius 3 is 1.59 bits per heavy atom. The molecule has 0 aliphatic carbocycles. The Labute approximate surface area is 97.2 Å². The fourth-order valence-corrected chi connectivity index (χ4v) is 2.95. The van der Waals surface area contributed by atoms with Crippen LogP contribution in [0.25, 0.3) is 0 Å². The average Bonchev–Trinajstić information content (AvgIpc) is 2.23. The molecule has 0 fully saturated rings. The van der Waals surface area contributed by atoms with Gasteiger partial charge in [0, 0.05) is 33.8 Å². The average molecular weight is 282 g/mol. The Morgan fingerprint density at radius 2 is 1.29 bits per heavy atom. The largest absolute Gasteiger partial charge is 0.500 e. The molecular formula is C8H15F5O3Si. The fraction of sp³-hybridized carbons (Fsp3) is 1.00. The third-order valence-electron chi connectivity index (χ3n) is 2.32. The SMILES string of the molecule is CO[Si](CCCC(F)(F)C(F)(F)F)(OC)OC. The van der Waals surface area contributed by atoms with Crippen molar-refractivity contribution in [1.29, 1.82) is 0 Å². The van der Waals surface area contributed by atoms with Gasteiger partial charge in [-0.05, 0) is 6.42 Å². The highest BCUT2D eigenvalue weighted by molar-refractivity contribution is 6.60. The van der Waals surface area contributed by atoms with Crippen molar-refractivity contribution in [2.45, 2.75) is 31.0 Å². The van der Waals surface area contributed by atoms with Crippen molar-refractivity contribution >= 4 is 8.80 Å². The summed E-state index contributed by atoms with van der Waals surface area (Å²) in [5.41, 5.74) is 0. The summed E-state index contributed by atoms with van der Waals surface area (Å²) in [5.74, 6) is -4.69. The number of alkyl halides is 5. The van der Waals surface area contributed by atoms with E-state index in [0.29, 0.717) is 0 Å². The third-order valence-corrected chi connectivity index (χ3v) is 5.15. The fourth-order valence-electron chi connectivity index (χ4n) is 1.22. The minimum Gasteiger partial charge on any atom is -0.377 e. The first-order valence-electron chi connectivity index (χ1n) is 4.74. The first kappa shape index (κ1) is 16.7. The zero-order chi connectivity index (χ0) is 13.7. The summed E-state index contributed by atoms with van der Waals surface area (Å²) in [7, 11) is 0.718. The number of rotatable bonds is 7. The molecular weight excluding hydrogens is 267 g/mol. The second-order valence-electron chi connectivity index (χ2n) is 3.35. The predicted molar refractivity (Wildman–Crippen MR) is 51.8 cm³/mol. The van der Waals surface area contributed by atoms with E-state index >= 15 is 0 Å². The molecule has 0 bridgehead atoms. The van der Waals surface area contributed by atoms with Crippen LogP contribution in [0.5, 0.6) is 0 Å². The van der Waals surface area contributed by atoms with Crippen LogP contribution in [0.3, 0.4) is 0 Å². The molecule has 0 radical (unpaired) electrons. The van der Waals surface area contributed by atoms with Crippen LogP contribution in [0.1, 0.15) is 12.8 Å². The predicted octanol–water partition coefficient (Wildman–Crippen LogP) is 2.84. The molecule has 0 heterocycles. The summed E-state index contributed by atoms with van der Waals surface area (Å²) in [6.45, 7) is 0. The summed E-state index contributed by atoms with van der Waals surface area (Å²) in [4.78, 5) is 0. The maximum absolute atomic E-state index is 12.6. The molecule has 17 heavy (non-hydrogen) atoms. The molecule has 0 saturated carbocycles. The van der Waals surface area contributed by atoms with E-state index in [0.717, 1.165) is 0 Å². The van der Waals surface area contributed by atoms with Gasteiger partial charge in [-0.1, -0.05) is 0 Å². The van der Waals surface area contributed by atoms with Gasteiger partial charge in [0.1, 0.15) is 0 Å². The Hall–Kier alpha value is -0.253. The van der Waals surface area contributed by atoms with Crippen molar-refractivity contribution in [1.82, 2.24) is 0 Å². The molecule has 0 aliphatic rings. The van der Waals surface area contributed by atoms with Crippen LogP contribution in [0.15, 0.2) is 0 Å². The van der Waals surface area contributed by atoms with Crippen LogP contribution in [0.4, 0.5) is 22.0 Å². The molecule has 9 heteroatoms. The topological polar surface area (TPSA) is 27.7 Å². The Kier molecular flexibility index (Phi) is 5.98. The van der Waals surface area contributed by atoms with E-state index in [1.165, 1.54) is 21.3 Å². The van der Waals surface area contributed by atoms with Gasteiger partial charge in [0.2, 0.25) is 0 Å². The highest BCUT2D eigenvalue weighted by Gasteiger charge is 2.57. The molecule has 104 valence electrons. The van der Waals surface area contributed by atoms with E-state index in [1.807, 2.05) is 0 Å². The lowest BCUT2D eigenvalue weighted by atomic mass is 10.2. The minimum atomic E-state index is -5.52. The van der Waals surface area contributed by atoms with Gasteiger partial charge < -0.3 is 13.3 Å². The Balaban J connectivity index is 4.32. The van der Waals surface area contributed by atoms with Crippen LogP contribution >= 0.6 is 0 Å². The smallest absolute Gasteiger partial charge is 0.377 e. The van der Waals surface area contributed by atoms with Gasteiger partial charge in [-0.15, -0.1) is 0 Å². The van der Waals surface area contributed by atoms with E-state index in [1.54, 1.807) is 0 Å². The number of halogens is 5. The monoisotopic (exact) mass is 282 g/mol. The van der Waals surface area contributed by atoms with E-state index in [2.05, 4.69) is 0 Å². The molecule has 0 aliphatic heterocycles. The van der Waals surface area contributed by atoms with Gasteiger partial charge in [0.05, 0.1) is 0 Å². The van der Waals surface area contributed by atoms with E-state index in [4.69, 9.17) is 13.3 Å². The zero-order valence-corrected chi connectivity index (χ0v) is 10.7. The maximum atomic E-state index is 12.6. The highest BCUT2D eigenvalue weighted by Crippen LogP contribution is 2.39. The quantitative estimate of drug-likeness (QED) is 0.531. The van der Waals surface area contributed by atoms with Crippen molar-refractivity contribution in [2.75, 3.05) is 21.3 Å². The second-order valence-corrected chi connectivity index (χ2v) is 6.44. The summed E-state index contributed by atoms with van der Waals surface area (Å²) in [6, 6.07) is -0.0951. The molecule has 0 atom stereocenters. The van der Waals surface area contributed by atoms with Gasteiger partial charge in [0.25, 0.3) is 0 Å². The Bertz CT molecular complexity index is 219. The Morgan fingerprint density at radius 1 is 0.882 bits per heavy atom. The van der Waals surface area contributed by atoms with Gasteiger partial charge in [-0.3, -0.25) is 0 Å². The molecule has 3 nitrogen and oxygen atoms in total. The van der Waals surface area contributed by atoms with Crippen LogP contribution in [0, 0.1) is 0 Å². The summed E-state index contributed by atoms with van der Waals surface area (Å²) >= 11 is 0. The van der Waals surface area contributed by atoms with E-state index in [9.17, 15) is 22.0 Å². The van der Waals surface area contributed by atoms with Gasteiger partial charge in [-0.25, -0.2) is 0 Å². The molecule has 0 aromatic carbocycles. The van der Waals surface area contributed by atoms with Crippen LogP contribution < -0.4 is 0 Å². The molecule has 0 aromatic heterocycles. The van der Waals surface area contributed by atoms with E-state index in [-0.39, 0.29) is 6.04 Å². The second kappa shape index (κ2) is 6.07. The molecule has 0 rings (SSSR count). The van der Waals surface area contributed by atoms with Crippen molar-refractivity contribution in [3.63, 3.8) is 0 Å². The van der Waals surface area contributed by atoms with Crippen molar-refractivity contribution in [3.8, 4) is 0 Å².